The van der Waals surface area contributed by atoms with E-state index in [-0.39, 0.29) is 13.0 Å². The van der Waals surface area contributed by atoms with Crippen LogP contribution in [-0.2, 0) is 9.59 Å². The summed E-state index contributed by atoms with van der Waals surface area (Å²) in [4.78, 5) is 36.7. The molecule has 1 heterocycles. The van der Waals surface area contributed by atoms with Gasteiger partial charge in [0.1, 0.15) is 5.92 Å². The fraction of sp³-hybridized carbons (Fsp3) is 0.250. The second-order valence-corrected chi connectivity index (χ2v) is 4.90. The Morgan fingerprint density at radius 3 is 2.58 bits per heavy atom. The maximum atomic E-state index is 12.3. The zero-order valence-corrected chi connectivity index (χ0v) is 11.5. The largest absolute Gasteiger partial charge is 0.335 e. The van der Waals surface area contributed by atoms with Gasteiger partial charge in [-0.15, -0.1) is 0 Å². The molecule has 0 aromatic heterocycles. The van der Waals surface area contributed by atoms with Gasteiger partial charge < -0.3 is 5.73 Å². The highest BCUT2D eigenvalue weighted by atomic mass is 79.9. The van der Waals surface area contributed by atoms with Gasteiger partial charge in [-0.2, -0.15) is 0 Å². The number of urea groups is 1. The third-order valence-corrected chi connectivity index (χ3v) is 3.49. The summed E-state index contributed by atoms with van der Waals surface area (Å²) in [5, 5.41) is 2.17. The first-order chi connectivity index (χ1) is 9.06. The predicted molar refractivity (Wildman–Crippen MR) is 72.3 cm³/mol. The number of amides is 4. The number of hydrogen-bond donors (Lipinski definition) is 2. The van der Waals surface area contributed by atoms with Crippen LogP contribution in [0.25, 0.3) is 0 Å². The molecule has 6 nitrogen and oxygen atoms in total. The van der Waals surface area contributed by atoms with Crippen molar-refractivity contribution in [3.05, 3.63) is 28.7 Å². The maximum absolute atomic E-state index is 12.3. The average Bonchev–Trinajstić information content (AvgIpc) is 2.36. The van der Waals surface area contributed by atoms with Crippen molar-refractivity contribution in [2.75, 3.05) is 11.4 Å². The summed E-state index contributed by atoms with van der Waals surface area (Å²) in [6, 6.07) is 6.06. The van der Waals surface area contributed by atoms with Gasteiger partial charge in [0.15, 0.2) is 0 Å². The van der Waals surface area contributed by atoms with Crippen LogP contribution in [0.5, 0.6) is 0 Å². The Balaban J connectivity index is 2.39. The van der Waals surface area contributed by atoms with Crippen LogP contribution in [0.3, 0.4) is 0 Å². The Labute approximate surface area is 118 Å². The van der Waals surface area contributed by atoms with Gasteiger partial charge in [0.2, 0.25) is 11.8 Å². The molecule has 19 heavy (non-hydrogen) atoms. The Morgan fingerprint density at radius 1 is 1.26 bits per heavy atom. The third kappa shape index (κ3) is 2.52. The fourth-order valence-electron chi connectivity index (χ4n) is 1.90. The number of nitrogens with one attached hydrogen (secondary N) is 1. The lowest BCUT2D eigenvalue weighted by atomic mass is 10.0. The molecule has 100 valence electrons. The number of rotatable bonds is 3. The number of nitrogens with two attached hydrogens (primary N) is 1. The Morgan fingerprint density at radius 2 is 1.95 bits per heavy atom. The molecule has 0 aliphatic carbocycles. The number of imide groups is 2. The van der Waals surface area contributed by atoms with Gasteiger partial charge in [-0.1, -0.05) is 12.1 Å². The van der Waals surface area contributed by atoms with E-state index in [2.05, 4.69) is 21.2 Å². The Kier molecular flexibility index (Phi) is 3.96. The van der Waals surface area contributed by atoms with Gasteiger partial charge in [0.05, 0.1) is 5.69 Å². The Bertz CT molecular complexity index is 547. The average molecular weight is 326 g/mol. The molecule has 0 radical (unpaired) electrons. The standard InChI is InChI=1S/C12H12BrN3O3/c13-8-3-1-2-4-9(8)16-11(18)7(5-6-14)10(17)15-12(16)19/h1-4,7H,5-6,14H2,(H,15,17,19). The van der Waals surface area contributed by atoms with Crippen LogP contribution in [0.15, 0.2) is 28.7 Å². The highest BCUT2D eigenvalue weighted by Crippen LogP contribution is 2.29. The van der Waals surface area contributed by atoms with Crippen LogP contribution in [0.1, 0.15) is 6.42 Å². The van der Waals surface area contributed by atoms with Crippen molar-refractivity contribution in [3.63, 3.8) is 0 Å². The number of benzene rings is 1. The number of barbiturate groups is 1. The molecule has 2 rings (SSSR count). The number of hydrogen-bond acceptors (Lipinski definition) is 4. The zero-order chi connectivity index (χ0) is 14.0. The highest BCUT2D eigenvalue weighted by molar-refractivity contribution is 9.10. The van der Waals surface area contributed by atoms with Gasteiger partial charge >= 0.3 is 6.03 Å². The molecule has 7 heteroatoms. The van der Waals surface area contributed by atoms with Gasteiger partial charge in [0, 0.05) is 4.47 Å². The first-order valence-electron chi connectivity index (χ1n) is 5.69. The van der Waals surface area contributed by atoms with Crippen molar-refractivity contribution in [2.24, 2.45) is 11.7 Å². The van der Waals surface area contributed by atoms with E-state index in [0.29, 0.717) is 10.2 Å². The van der Waals surface area contributed by atoms with Crippen LogP contribution >= 0.6 is 15.9 Å². The summed E-state index contributed by atoms with van der Waals surface area (Å²) >= 11 is 3.28. The molecule has 1 aromatic carbocycles. The quantitative estimate of drug-likeness (QED) is 0.811. The van der Waals surface area contributed by atoms with Crippen LogP contribution in [0.4, 0.5) is 10.5 Å². The van der Waals surface area contributed by atoms with E-state index in [4.69, 9.17) is 5.73 Å². The van der Waals surface area contributed by atoms with Crippen LogP contribution in [0, 0.1) is 5.92 Å². The van der Waals surface area contributed by atoms with Crippen molar-refractivity contribution in [2.45, 2.75) is 6.42 Å². The molecule has 1 aliphatic heterocycles. The predicted octanol–water partition coefficient (Wildman–Crippen LogP) is 0.997. The van der Waals surface area contributed by atoms with E-state index in [0.717, 1.165) is 4.90 Å². The topological polar surface area (TPSA) is 92.5 Å². The maximum Gasteiger partial charge on any atom is 0.335 e. The van der Waals surface area contributed by atoms with Crippen LogP contribution in [0.2, 0.25) is 0 Å². The molecule has 1 saturated heterocycles. The number of carbonyl (C=O) groups excluding carboxylic acids is 3. The molecule has 0 saturated carbocycles. The summed E-state index contributed by atoms with van der Waals surface area (Å²) in [6.07, 6.45) is 0.207. The van der Waals surface area contributed by atoms with Gasteiger partial charge in [0.25, 0.3) is 0 Å². The first-order valence-corrected chi connectivity index (χ1v) is 6.49. The second kappa shape index (κ2) is 5.50. The molecule has 0 spiro atoms. The lowest BCUT2D eigenvalue weighted by Crippen LogP contribution is -2.58. The van der Waals surface area contributed by atoms with Crippen molar-refractivity contribution in [1.82, 2.24) is 5.32 Å². The summed E-state index contributed by atoms with van der Waals surface area (Å²) < 4.78 is 0.597. The molecule has 1 aliphatic rings. The molecule has 1 unspecified atom stereocenters. The summed E-state index contributed by atoms with van der Waals surface area (Å²) in [7, 11) is 0. The van der Waals surface area contributed by atoms with Crippen LogP contribution < -0.4 is 16.0 Å². The van der Waals surface area contributed by atoms with Gasteiger partial charge in [-0.3, -0.25) is 14.9 Å². The molecule has 1 atom stereocenters. The number of halogens is 1. The lowest BCUT2D eigenvalue weighted by molar-refractivity contribution is -0.134. The monoisotopic (exact) mass is 325 g/mol. The number of nitrogens with zero attached hydrogens (tertiary/aromatic N) is 1. The molecular formula is C12H12BrN3O3. The normalized spacial score (nSPS) is 19.6. The molecule has 0 bridgehead atoms. The molecule has 1 aromatic rings. The lowest BCUT2D eigenvalue weighted by Gasteiger charge is -2.30. The second-order valence-electron chi connectivity index (χ2n) is 4.05. The third-order valence-electron chi connectivity index (χ3n) is 2.82. The van der Waals surface area contributed by atoms with Crippen molar-refractivity contribution in [3.8, 4) is 0 Å². The van der Waals surface area contributed by atoms with Crippen molar-refractivity contribution in [1.29, 1.82) is 0 Å². The summed E-state index contributed by atoms with van der Waals surface area (Å²) in [5.74, 6) is -2.07. The molecule has 4 amide bonds. The summed E-state index contributed by atoms with van der Waals surface area (Å²) in [6.45, 7) is 0.196. The molecular weight excluding hydrogens is 314 g/mol. The fourth-order valence-corrected chi connectivity index (χ4v) is 2.36. The van der Waals surface area contributed by atoms with E-state index < -0.39 is 23.8 Å². The minimum Gasteiger partial charge on any atom is -0.330 e. The minimum absolute atomic E-state index is 0.196. The van der Waals surface area contributed by atoms with Gasteiger partial charge in [-0.25, -0.2) is 9.69 Å². The van der Waals surface area contributed by atoms with Crippen molar-refractivity contribution < 1.29 is 14.4 Å². The smallest absolute Gasteiger partial charge is 0.330 e. The first kappa shape index (κ1) is 13.7. The summed E-state index contributed by atoms with van der Waals surface area (Å²) in [5.41, 5.74) is 5.79. The Hall–Kier alpha value is -1.73. The number of para-hydroxylation sites is 1. The highest BCUT2D eigenvalue weighted by Gasteiger charge is 2.41. The van der Waals surface area contributed by atoms with E-state index in [1.165, 1.54) is 0 Å². The number of anilines is 1. The van der Waals surface area contributed by atoms with Crippen molar-refractivity contribution >= 4 is 39.5 Å². The van der Waals surface area contributed by atoms with Crippen LogP contribution in [-0.4, -0.2) is 24.4 Å². The van der Waals surface area contributed by atoms with E-state index >= 15 is 0 Å². The van der Waals surface area contributed by atoms with Gasteiger partial charge in [-0.05, 0) is 41.0 Å². The molecule has 3 N–H and O–H groups in total. The SMILES string of the molecule is NCCC1C(=O)NC(=O)N(c2ccccc2Br)C1=O. The van der Waals surface area contributed by atoms with E-state index in [1.807, 2.05) is 0 Å². The minimum atomic E-state index is -0.921. The van der Waals surface area contributed by atoms with E-state index in [1.54, 1.807) is 24.3 Å². The number of carbonyl (C=O) groups is 3. The zero-order valence-electron chi connectivity index (χ0n) is 9.93. The van der Waals surface area contributed by atoms with E-state index in [9.17, 15) is 14.4 Å². The molecule has 1 fully saturated rings.